The van der Waals surface area contributed by atoms with E-state index in [1.807, 2.05) is 38.1 Å². The van der Waals surface area contributed by atoms with Crippen molar-refractivity contribution in [2.45, 2.75) is 39.7 Å². The zero-order chi connectivity index (χ0) is 15.8. The Morgan fingerprint density at radius 1 is 1.23 bits per heavy atom. The number of anilines is 3. The lowest BCUT2D eigenvalue weighted by Gasteiger charge is -2.14. The summed E-state index contributed by atoms with van der Waals surface area (Å²) in [4.78, 5) is 4.41. The molecule has 0 radical (unpaired) electrons. The molecule has 0 aliphatic heterocycles. The zero-order valence-corrected chi connectivity index (χ0v) is 13.3. The van der Waals surface area contributed by atoms with Crippen molar-refractivity contribution < 1.29 is 4.74 Å². The van der Waals surface area contributed by atoms with E-state index in [0.717, 1.165) is 30.8 Å². The SMILES string of the molecule is CCCCNc1cnnc(Nc2ccccc2OC(C)C)n1. The number of nitrogens with one attached hydrogen (secondary N) is 2. The number of benzene rings is 1. The lowest BCUT2D eigenvalue weighted by molar-refractivity contribution is 0.244. The van der Waals surface area contributed by atoms with Crippen molar-refractivity contribution in [1.82, 2.24) is 15.2 Å². The van der Waals surface area contributed by atoms with Crippen molar-refractivity contribution in [1.29, 1.82) is 0 Å². The Morgan fingerprint density at radius 3 is 2.82 bits per heavy atom. The van der Waals surface area contributed by atoms with E-state index in [1.165, 1.54) is 0 Å². The third kappa shape index (κ3) is 4.87. The molecule has 0 saturated heterocycles. The van der Waals surface area contributed by atoms with Crippen LogP contribution < -0.4 is 15.4 Å². The minimum atomic E-state index is 0.101. The molecule has 0 bridgehead atoms. The van der Waals surface area contributed by atoms with Crippen molar-refractivity contribution in [3.8, 4) is 5.75 Å². The van der Waals surface area contributed by atoms with Gasteiger partial charge in [-0.05, 0) is 32.4 Å². The fourth-order valence-electron chi connectivity index (χ4n) is 1.88. The third-order valence-corrected chi connectivity index (χ3v) is 2.89. The van der Waals surface area contributed by atoms with E-state index < -0.39 is 0 Å². The molecule has 0 spiro atoms. The van der Waals surface area contributed by atoms with Gasteiger partial charge in [-0.1, -0.05) is 25.5 Å². The molecule has 0 saturated carbocycles. The predicted octanol–water partition coefficient (Wildman–Crippen LogP) is 3.61. The van der Waals surface area contributed by atoms with E-state index in [2.05, 4.69) is 32.7 Å². The highest BCUT2D eigenvalue weighted by Crippen LogP contribution is 2.27. The number of nitrogens with zero attached hydrogens (tertiary/aromatic N) is 3. The van der Waals surface area contributed by atoms with Crippen LogP contribution in [0.3, 0.4) is 0 Å². The van der Waals surface area contributed by atoms with E-state index in [4.69, 9.17) is 4.74 Å². The Morgan fingerprint density at radius 2 is 2.05 bits per heavy atom. The second-order valence-electron chi connectivity index (χ2n) is 5.23. The van der Waals surface area contributed by atoms with Gasteiger partial charge in [-0.2, -0.15) is 10.1 Å². The van der Waals surface area contributed by atoms with Crippen molar-refractivity contribution >= 4 is 17.5 Å². The minimum absolute atomic E-state index is 0.101. The Labute approximate surface area is 131 Å². The molecule has 1 heterocycles. The number of unbranched alkanes of at least 4 members (excludes halogenated alkanes) is 1. The number of ether oxygens (including phenoxy) is 1. The molecule has 6 nitrogen and oxygen atoms in total. The average Bonchev–Trinajstić information content (AvgIpc) is 2.49. The van der Waals surface area contributed by atoms with E-state index in [-0.39, 0.29) is 6.10 Å². The summed E-state index contributed by atoms with van der Waals surface area (Å²) in [7, 11) is 0. The first kappa shape index (κ1) is 16.0. The predicted molar refractivity (Wildman–Crippen MR) is 88.7 cm³/mol. The smallest absolute Gasteiger partial charge is 0.249 e. The van der Waals surface area contributed by atoms with Gasteiger partial charge in [0.25, 0.3) is 0 Å². The van der Waals surface area contributed by atoms with Crippen LogP contribution in [0, 0.1) is 0 Å². The molecule has 2 aromatic rings. The molecule has 0 atom stereocenters. The zero-order valence-electron chi connectivity index (χ0n) is 13.3. The molecule has 2 rings (SSSR count). The molecule has 1 aromatic carbocycles. The first-order chi connectivity index (χ1) is 10.7. The molecular formula is C16H23N5O. The van der Waals surface area contributed by atoms with Gasteiger partial charge in [0.2, 0.25) is 5.95 Å². The van der Waals surface area contributed by atoms with Gasteiger partial charge in [0, 0.05) is 6.54 Å². The van der Waals surface area contributed by atoms with Gasteiger partial charge < -0.3 is 15.4 Å². The van der Waals surface area contributed by atoms with Crippen molar-refractivity contribution in [2.75, 3.05) is 17.2 Å². The monoisotopic (exact) mass is 301 g/mol. The van der Waals surface area contributed by atoms with Crippen LogP contribution in [0.25, 0.3) is 0 Å². The van der Waals surface area contributed by atoms with Gasteiger partial charge in [0.1, 0.15) is 5.75 Å². The summed E-state index contributed by atoms with van der Waals surface area (Å²) in [5, 5.41) is 14.4. The molecule has 0 unspecified atom stereocenters. The number of rotatable bonds is 8. The standard InChI is InChI=1S/C16H23N5O/c1-4-5-10-17-15-11-18-21-16(20-15)19-13-8-6-7-9-14(13)22-12(2)3/h6-9,11-12H,4-5,10H2,1-3H3,(H2,17,19,20,21). The van der Waals surface area contributed by atoms with Crippen LogP contribution in [0.5, 0.6) is 5.75 Å². The summed E-state index contributed by atoms with van der Waals surface area (Å²) in [5.41, 5.74) is 0.823. The largest absolute Gasteiger partial charge is 0.489 e. The Balaban J connectivity index is 2.09. The summed E-state index contributed by atoms with van der Waals surface area (Å²) in [6.07, 6.45) is 3.95. The Kier molecular flexibility index (Phi) is 5.94. The van der Waals surface area contributed by atoms with Crippen LogP contribution in [0.4, 0.5) is 17.5 Å². The first-order valence-corrected chi connectivity index (χ1v) is 7.65. The number of hydrogen-bond donors (Lipinski definition) is 2. The summed E-state index contributed by atoms with van der Waals surface area (Å²) in [6, 6.07) is 7.72. The maximum absolute atomic E-state index is 5.77. The van der Waals surface area contributed by atoms with E-state index >= 15 is 0 Å². The fourth-order valence-corrected chi connectivity index (χ4v) is 1.88. The van der Waals surface area contributed by atoms with Gasteiger partial charge in [0.05, 0.1) is 18.0 Å². The number of para-hydroxylation sites is 2. The maximum atomic E-state index is 5.77. The van der Waals surface area contributed by atoms with Crippen LogP contribution in [-0.4, -0.2) is 27.8 Å². The second-order valence-corrected chi connectivity index (χ2v) is 5.23. The average molecular weight is 301 g/mol. The molecule has 1 aromatic heterocycles. The highest BCUT2D eigenvalue weighted by atomic mass is 16.5. The van der Waals surface area contributed by atoms with Gasteiger partial charge in [-0.3, -0.25) is 0 Å². The normalized spacial score (nSPS) is 10.5. The molecule has 2 N–H and O–H groups in total. The summed E-state index contributed by atoms with van der Waals surface area (Å²) in [5.74, 6) is 1.93. The molecule has 0 aliphatic carbocycles. The van der Waals surface area contributed by atoms with Gasteiger partial charge in [0.15, 0.2) is 5.82 Å². The topological polar surface area (TPSA) is 72.0 Å². The van der Waals surface area contributed by atoms with Crippen LogP contribution in [-0.2, 0) is 0 Å². The summed E-state index contributed by atoms with van der Waals surface area (Å²) < 4.78 is 5.77. The highest BCUT2D eigenvalue weighted by molar-refractivity contribution is 5.62. The molecule has 0 aliphatic rings. The molecule has 0 fully saturated rings. The van der Waals surface area contributed by atoms with Crippen molar-refractivity contribution in [3.05, 3.63) is 30.5 Å². The lowest BCUT2D eigenvalue weighted by Crippen LogP contribution is -2.09. The summed E-state index contributed by atoms with van der Waals surface area (Å²) in [6.45, 7) is 7.01. The highest BCUT2D eigenvalue weighted by Gasteiger charge is 2.07. The fraction of sp³-hybridized carbons (Fsp3) is 0.438. The summed E-state index contributed by atoms with van der Waals surface area (Å²) >= 11 is 0. The van der Waals surface area contributed by atoms with E-state index in [0.29, 0.717) is 11.8 Å². The van der Waals surface area contributed by atoms with Crippen molar-refractivity contribution in [3.63, 3.8) is 0 Å². The number of hydrogen-bond acceptors (Lipinski definition) is 6. The number of aromatic nitrogens is 3. The molecule has 118 valence electrons. The maximum Gasteiger partial charge on any atom is 0.249 e. The van der Waals surface area contributed by atoms with Gasteiger partial charge in [-0.25, -0.2) is 0 Å². The van der Waals surface area contributed by atoms with Gasteiger partial charge >= 0.3 is 0 Å². The molecule has 0 amide bonds. The molecule has 6 heteroatoms. The Bertz CT molecular complexity index is 588. The van der Waals surface area contributed by atoms with Crippen molar-refractivity contribution in [2.24, 2.45) is 0 Å². The lowest BCUT2D eigenvalue weighted by atomic mass is 10.3. The van der Waals surface area contributed by atoms with Crippen LogP contribution in [0.15, 0.2) is 30.5 Å². The van der Waals surface area contributed by atoms with Crippen LogP contribution in [0.2, 0.25) is 0 Å². The van der Waals surface area contributed by atoms with Crippen LogP contribution >= 0.6 is 0 Å². The minimum Gasteiger partial charge on any atom is -0.489 e. The Hall–Kier alpha value is -2.37. The van der Waals surface area contributed by atoms with Crippen LogP contribution in [0.1, 0.15) is 33.6 Å². The second kappa shape index (κ2) is 8.17. The molecule has 22 heavy (non-hydrogen) atoms. The van der Waals surface area contributed by atoms with Gasteiger partial charge in [-0.15, -0.1) is 5.10 Å². The van der Waals surface area contributed by atoms with E-state index in [1.54, 1.807) is 6.20 Å². The third-order valence-electron chi connectivity index (χ3n) is 2.89. The quantitative estimate of drug-likeness (QED) is 0.726. The first-order valence-electron chi connectivity index (χ1n) is 7.65. The van der Waals surface area contributed by atoms with E-state index in [9.17, 15) is 0 Å². The molecular weight excluding hydrogens is 278 g/mol.